The molecule has 0 radical (unpaired) electrons. The summed E-state index contributed by atoms with van der Waals surface area (Å²) < 4.78 is 6.21. The van der Waals surface area contributed by atoms with E-state index < -0.39 is 5.60 Å². The predicted molar refractivity (Wildman–Crippen MR) is 109 cm³/mol. The molecule has 4 rings (SSSR count). The van der Waals surface area contributed by atoms with Gasteiger partial charge < -0.3 is 9.64 Å². The van der Waals surface area contributed by atoms with Crippen molar-refractivity contribution in [2.24, 2.45) is 0 Å². The van der Waals surface area contributed by atoms with Crippen molar-refractivity contribution < 1.29 is 19.2 Å². The normalized spacial score (nSPS) is 16.5. The van der Waals surface area contributed by atoms with Gasteiger partial charge in [0, 0.05) is 11.1 Å². The first-order valence-electron chi connectivity index (χ1n) is 9.50. The summed E-state index contributed by atoms with van der Waals surface area (Å²) in [4.78, 5) is 32.2. The smallest absolute Gasteiger partial charge is 0.259 e. The molecule has 0 atom stereocenters. The summed E-state index contributed by atoms with van der Waals surface area (Å²) in [5, 5.41) is 10.6. The molecule has 0 saturated carbocycles. The van der Waals surface area contributed by atoms with Crippen molar-refractivity contribution in [1.29, 1.82) is 5.26 Å². The Morgan fingerprint density at radius 3 is 2.63 bits per heavy atom. The van der Waals surface area contributed by atoms with E-state index in [0.29, 0.717) is 52.4 Å². The van der Waals surface area contributed by atoms with Crippen LogP contribution in [0.5, 0.6) is 5.75 Å². The lowest BCUT2D eigenvalue weighted by atomic mass is 9.89. The lowest BCUT2D eigenvalue weighted by Gasteiger charge is -2.41. The number of hydrogen-bond acceptors (Lipinski definition) is 5. The lowest BCUT2D eigenvalue weighted by Crippen LogP contribution is -2.45. The minimum atomic E-state index is -0.977. The lowest BCUT2D eigenvalue weighted by molar-refractivity contribution is -0.157. The maximum Gasteiger partial charge on any atom is 0.259 e. The Kier molecular flexibility index (Phi) is 4.60. The highest BCUT2D eigenvalue weighted by atomic mass is 16.7. The molecule has 2 aromatic rings. The number of fused-ring (bicyclic) bond motifs is 2. The first-order chi connectivity index (χ1) is 14.3. The Morgan fingerprint density at radius 1 is 1.27 bits per heavy atom. The Bertz CT molecular complexity index is 1140. The molecule has 2 aliphatic heterocycles. The minimum absolute atomic E-state index is 0.175. The number of nitriles is 1. The van der Waals surface area contributed by atoms with E-state index in [1.807, 2.05) is 39.0 Å². The van der Waals surface area contributed by atoms with Crippen molar-refractivity contribution in [3.8, 4) is 11.8 Å². The van der Waals surface area contributed by atoms with Gasteiger partial charge in [0.25, 0.3) is 5.91 Å². The van der Waals surface area contributed by atoms with Gasteiger partial charge in [-0.3, -0.25) is 14.4 Å². The third-order valence-electron chi connectivity index (χ3n) is 5.55. The van der Waals surface area contributed by atoms with Gasteiger partial charge in [-0.25, -0.2) is 0 Å². The van der Waals surface area contributed by atoms with Gasteiger partial charge in [-0.1, -0.05) is 18.2 Å². The maximum atomic E-state index is 13.4. The van der Waals surface area contributed by atoms with Crippen LogP contribution in [0.4, 0.5) is 0 Å². The number of hydrogen-bond donors (Lipinski definition) is 0. The Labute approximate surface area is 174 Å². The fourth-order valence-corrected chi connectivity index (χ4v) is 4.17. The van der Waals surface area contributed by atoms with E-state index in [9.17, 15) is 14.9 Å². The molecule has 2 amide bonds. The number of amides is 2. The quantitative estimate of drug-likeness (QED) is 0.577. The second-order valence-electron chi connectivity index (χ2n) is 7.69. The van der Waals surface area contributed by atoms with Gasteiger partial charge in [-0.15, -0.1) is 0 Å². The second kappa shape index (κ2) is 7.01. The van der Waals surface area contributed by atoms with Gasteiger partial charge in [0.2, 0.25) is 6.41 Å². The number of benzene rings is 2. The van der Waals surface area contributed by atoms with E-state index >= 15 is 0 Å². The van der Waals surface area contributed by atoms with Crippen LogP contribution in [0.1, 0.15) is 46.5 Å². The number of carbonyl (C=O) groups is 2. The molecule has 0 unspecified atom stereocenters. The summed E-state index contributed by atoms with van der Waals surface area (Å²) in [5.41, 5.74) is 3.17. The zero-order valence-corrected chi connectivity index (χ0v) is 17.2. The molecule has 0 N–H and O–H groups in total. The Morgan fingerprint density at radius 2 is 2.00 bits per heavy atom. The summed E-state index contributed by atoms with van der Waals surface area (Å²) in [5.74, 6) is 0.367. The number of nitrogens with zero attached hydrogens (tertiary/aromatic N) is 3. The highest BCUT2D eigenvalue weighted by molar-refractivity contribution is 6.04. The molecule has 7 nitrogen and oxygen atoms in total. The number of hydroxylamine groups is 2. The van der Waals surface area contributed by atoms with Crippen LogP contribution in [-0.2, 0) is 16.2 Å². The van der Waals surface area contributed by atoms with Crippen LogP contribution in [0, 0.1) is 18.3 Å². The van der Waals surface area contributed by atoms with Crippen LogP contribution in [0.25, 0.3) is 5.70 Å². The Hall–Kier alpha value is -3.63. The molecule has 0 aromatic heterocycles. The molecular formula is C23H21N3O4. The summed E-state index contributed by atoms with van der Waals surface area (Å²) >= 11 is 0. The molecule has 2 heterocycles. The second-order valence-corrected chi connectivity index (χ2v) is 7.69. The summed E-state index contributed by atoms with van der Waals surface area (Å²) in [6.07, 6.45) is 0.544. The standard InChI is InChI=1S/C23H21N3O4/c1-14-15(11-24)9-10-18-19(14)20(21(23(2,3)30-18)26(13-27)29-4)25-12-16-7-5-6-8-17(16)22(25)28/h5-10,13H,12H2,1-4H3. The fraction of sp³-hybridized carbons (Fsp3) is 0.261. The van der Waals surface area contributed by atoms with Gasteiger partial charge in [-0.05, 0) is 50.1 Å². The topological polar surface area (TPSA) is 82.9 Å². The molecule has 0 aliphatic carbocycles. The molecule has 0 spiro atoms. The summed E-state index contributed by atoms with van der Waals surface area (Å²) in [6.45, 7) is 5.77. The molecule has 0 saturated heterocycles. The molecule has 2 aromatic carbocycles. The number of rotatable bonds is 4. The van der Waals surface area contributed by atoms with Gasteiger partial charge in [-0.2, -0.15) is 10.3 Å². The van der Waals surface area contributed by atoms with E-state index in [4.69, 9.17) is 9.57 Å². The highest BCUT2D eigenvalue weighted by Crippen LogP contribution is 2.47. The molecule has 7 heteroatoms. The van der Waals surface area contributed by atoms with E-state index in [1.165, 1.54) is 7.11 Å². The van der Waals surface area contributed by atoms with Crippen LogP contribution < -0.4 is 4.74 Å². The Balaban J connectivity index is 2.05. The number of ether oxygens (including phenoxy) is 1. The van der Waals surface area contributed by atoms with E-state index in [0.717, 1.165) is 10.6 Å². The molecule has 152 valence electrons. The van der Waals surface area contributed by atoms with Gasteiger partial charge in [0.1, 0.15) is 17.0 Å². The van der Waals surface area contributed by atoms with E-state index in [-0.39, 0.29) is 5.91 Å². The average Bonchev–Trinajstić information content (AvgIpc) is 3.06. The van der Waals surface area contributed by atoms with Crippen molar-refractivity contribution in [1.82, 2.24) is 9.96 Å². The van der Waals surface area contributed by atoms with Crippen molar-refractivity contribution in [2.75, 3.05) is 7.11 Å². The van der Waals surface area contributed by atoms with Crippen LogP contribution in [-0.4, -0.2) is 35.0 Å². The van der Waals surface area contributed by atoms with Crippen molar-refractivity contribution >= 4 is 18.0 Å². The van der Waals surface area contributed by atoms with Crippen LogP contribution in [0.3, 0.4) is 0 Å². The summed E-state index contributed by atoms with van der Waals surface area (Å²) in [7, 11) is 1.38. The molecule has 2 aliphatic rings. The molecule has 0 fully saturated rings. The first-order valence-corrected chi connectivity index (χ1v) is 9.50. The fourth-order valence-electron chi connectivity index (χ4n) is 4.17. The third-order valence-corrected chi connectivity index (χ3v) is 5.55. The van der Waals surface area contributed by atoms with Crippen LogP contribution >= 0.6 is 0 Å². The van der Waals surface area contributed by atoms with E-state index in [1.54, 1.807) is 23.1 Å². The average molecular weight is 403 g/mol. The number of carbonyl (C=O) groups excluding carboxylic acids is 2. The largest absolute Gasteiger partial charge is 0.481 e. The van der Waals surface area contributed by atoms with E-state index in [2.05, 4.69) is 6.07 Å². The summed E-state index contributed by atoms with van der Waals surface area (Å²) in [6, 6.07) is 13.0. The highest BCUT2D eigenvalue weighted by Gasteiger charge is 2.44. The predicted octanol–water partition coefficient (Wildman–Crippen LogP) is 3.38. The van der Waals surface area contributed by atoms with Gasteiger partial charge in [0.05, 0.1) is 31.0 Å². The molecular weight excluding hydrogens is 382 g/mol. The van der Waals surface area contributed by atoms with Crippen molar-refractivity contribution in [3.05, 3.63) is 69.9 Å². The van der Waals surface area contributed by atoms with Crippen molar-refractivity contribution in [3.63, 3.8) is 0 Å². The van der Waals surface area contributed by atoms with Crippen molar-refractivity contribution in [2.45, 2.75) is 32.9 Å². The van der Waals surface area contributed by atoms with Crippen LogP contribution in [0.15, 0.2) is 42.1 Å². The van der Waals surface area contributed by atoms with Crippen LogP contribution in [0.2, 0.25) is 0 Å². The maximum absolute atomic E-state index is 13.4. The molecule has 0 bridgehead atoms. The zero-order valence-electron chi connectivity index (χ0n) is 17.2. The van der Waals surface area contributed by atoms with Gasteiger partial charge >= 0.3 is 0 Å². The monoisotopic (exact) mass is 403 g/mol. The third kappa shape index (κ3) is 2.77. The first kappa shape index (κ1) is 19.7. The zero-order chi connectivity index (χ0) is 21.6. The SMILES string of the molecule is CON(C=O)C1=C(N2Cc3ccccc3C2=O)c2c(ccc(C#N)c2C)OC1(C)C. The molecule has 30 heavy (non-hydrogen) atoms. The van der Waals surface area contributed by atoms with Gasteiger partial charge in [0.15, 0.2) is 0 Å². The minimum Gasteiger partial charge on any atom is -0.481 e.